The zero-order valence-electron chi connectivity index (χ0n) is 33.0. The van der Waals surface area contributed by atoms with Crippen molar-refractivity contribution >= 4 is 21.8 Å². The molecule has 0 amide bonds. The largest absolute Gasteiger partial charge is 0.481 e. The number of carboxylic acid groups (broad SMARTS) is 1. The zero-order chi connectivity index (χ0) is 37.2. The Morgan fingerprint density at radius 2 is 1.67 bits per heavy atom. The molecule has 0 aromatic rings. The van der Waals surface area contributed by atoms with E-state index in [4.69, 9.17) is 4.74 Å². The third kappa shape index (κ3) is 5.64. The number of hydrogen-bond donors (Lipinski definition) is 2. The van der Waals surface area contributed by atoms with Gasteiger partial charge in [-0.15, -0.1) is 0 Å². The van der Waals surface area contributed by atoms with Gasteiger partial charge in [0.2, 0.25) is 0 Å². The Morgan fingerprint density at radius 3 is 2.29 bits per heavy atom. The molecule has 0 unspecified atom stereocenters. The maximum atomic E-state index is 13.1. The van der Waals surface area contributed by atoms with E-state index in [1.165, 1.54) is 50.5 Å². The van der Waals surface area contributed by atoms with Gasteiger partial charge in [0, 0.05) is 36.6 Å². The second-order valence-electron chi connectivity index (χ2n) is 20.8. The monoisotopic (exact) mass is 728 g/mol. The zero-order valence-corrected chi connectivity index (χ0v) is 33.8. The van der Waals surface area contributed by atoms with E-state index in [0.29, 0.717) is 41.9 Å². The average Bonchev–Trinajstić information content (AvgIpc) is 3.69. The molecule has 7 aliphatic rings. The predicted molar refractivity (Wildman–Crippen MR) is 201 cm³/mol. The molecule has 7 rings (SSSR count). The fourth-order valence-corrected chi connectivity index (χ4v) is 16.9. The molecule has 0 spiro atoms. The third-order valence-electron chi connectivity index (χ3n) is 17.7. The summed E-state index contributed by atoms with van der Waals surface area (Å²) in [6, 6.07) is 0.208. The topological polar surface area (TPSA) is 113 Å². The summed E-state index contributed by atoms with van der Waals surface area (Å²) in [6.45, 7) is 25.2. The SMILES string of the molecule is C=C(C)[C@@H]1CC[C@]2(NCCN3C[C@@H]4C[C@H]3CS4(=O)=O)CC[C@]3(C)[C@H](CC[C@@H]4[C@@]5(C)CC[C@H](OC(=O)CC(C)(C)C(=O)O)C(C)(C)[C@@H]5CC[C@]43C)[C@@H]12. The summed E-state index contributed by atoms with van der Waals surface area (Å²) < 4.78 is 31.0. The van der Waals surface area contributed by atoms with Crippen molar-refractivity contribution in [2.75, 3.05) is 25.4 Å². The maximum absolute atomic E-state index is 13.1. The highest BCUT2D eigenvalue weighted by atomic mass is 32.2. The summed E-state index contributed by atoms with van der Waals surface area (Å²) >= 11 is 0. The average molecular weight is 729 g/mol. The molecule has 2 saturated heterocycles. The highest BCUT2D eigenvalue weighted by Gasteiger charge is 2.71. The Balaban J connectivity index is 1.09. The third-order valence-corrected chi connectivity index (χ3v) is 19.9. The summed E-state index contributed by atoms with van der Waals surface area (Å²) in [6.07, 6.45) is 12.1. The molecule has 2 aliphatic heterocycles. The molecule has 2 bridgehead atoms. The number of carbonyl (C=O) groups excluding carboxylic acids is 1. The second kappa shape index (κ2) is 12.3. The number of hydrogen-bond acceptors (Lipinski definition) is 7. The van der Waals surface area contributed by atoms with E-state index >= 15 is 0 Å². The Morgan fingerprint density at radius 1 is 0.941 bits per heavy atom. The van der Waals surface area contributed by atoms with Crippen LogP contribution in [0.5, 0.6) is 0 Å². The minimum absolute atomic E-state index is 0.108. The summed E-state index contributed by atoms with van der Waals surface area (Å²) in [7, 11) is -2.88. The van der Waals surface area contributed by atoms with Crippen LogP contribution in [0.3, 0.4) is 0 Å². The summed E-state index contributed by atoms with van der Waals surface area (Å²) in [5, 5.41) is 13.7. The van der Waals surface area contributed by atoms with Crippen molar-refractivity contribution in [3.63, 3.8) is 0 Å². The molecule has 2 heterocycles. The number of ether oxygens (including phenoxy) is 1. The standard InChI is InChI=1S/C42H68N2O6S/c1-26(2)29-12-17-42(43-20-21-44-24-28-22-27(44)25-51(28,48)49)19-18-40(8)30(35(29)42)10-11-32-39(7)15-14-33(50-34(45)23-37(3,4)36(46)47)38(5,6)31(39)13-16-41(32,40)9/h27-33,35,43H,1,10-25H2,2-9H3,(H,46,47)/t27-,28-,29-,30+,31-,32+,33-,35+,39-,40+,41+,42-/m0/s1. The van der Waals surface area contributed by atoms with Gasteiger partial charge < -0.3 is 15.2 Å². The Hall–Kier alpha value is -1.45. The van der Waals surface area contributed by atoms with E-state index in [1.807, 2.05) is 0 Å². The minimum Gasteiger partial charge on any atom is -0.481 e. The number of aliphatic carboxylic acids is 1. The minimum atomic E-state index is -2.88. The number of nitrogens with one attached hydrogen (secondary N) is 1. The van der Waals surface area contributed by atoms with E-state index in [9.17, 15) is 23.1 Å². The van der Waals surface area contributed by atoms with E-state index in [2.05, 4.69) is 58.3 Å². The lowest BCUT2D eigenvalue weighted by Crippen LogP contribution is -2.69. The van der Waals surface area contributed by atoms with Gasteiger partial charge in [-0.25, -0.2) is 8.42 Å². The fourth-order valence-electron chi connectivity index (χ4n) is 14.8. The van der Waals surface area contributed by atoms with Crippen molar-refractivity contribution in [1.29, 1.82) is 0 Å². The molecule has 0 radical (unpaired) electrons. The molecule has 9 heteroatoms. The van der Waals surface area contributed by atoms with Crippen LogP contribution in [0.4, 0.5) is 0 Å². The molecule has 12 atom stereocenters. The number of sulfone groups is 1. The first-order chi connectivity index (χ1) is 23.6. The summed E-state index contributed by atoms with van der Waals surface area (Å²) in [5.74, 6) is 1.79. The van der Waals surface area contributed by atoms with Gasteiger partial charge in [0.15, 0.2) is 9.84 Å². The number of carbonyl (C=O) groups is 2. The van der Waals surface area contributed by atoms with Crippen LogP contribution in [0.1, 0.15) is 132 Å². The Labute approximate surface area is 308 Å². The van der Waals surface area contributed by atoms with Crippen LogP contribution in [-0.2, 0) is 24.2 Å². The van der Waals surface area contributed by atoms with E-state index in [0.717, 1.165) is 38.8 Å². The number of rotatable bonds is 9. The highest BCUT2D eigenvalue weighted by Crippen LogP contribution is 2.76. The number of fused-ring (bicyclic) bond motifs is 9. The molecular weight excluding hydrogens is 661 g/mol. The summed E-state index contributed by atoms with van der Waals surface area (Å²) in [4.78, 5) is 27.3. The molecule has 288 valence electrons. The van der Waals surface area contributed by atoms with Crippen LogP contribution in [0.2, 0.25) is 0 Å². The number of esters is 1. The predicted octanol–water partition coefficient (Wildman–Crippen LogP) is 7.27. The van der Waals surface area contributed by atoms with Crippen LogP contribution in [0.25, 0.3) is 0 Å². The molecule has 0 aromatic carbocycles. The molecule has 51 heavy (non-hydrogen) atoms. The smallest absolute Gasteiger partial charge is 0.309 e. The quantitative estimate of drug-likeness (QED) is 0.188. The number of allylic oxidation sites excluding steroid dienone is 1. The molecule has 8 nitrogen and oxygen atoms in total. The van der Waals surface area contributed by atoms with E-state index < -0.39 is 21.2 Å². The normalized spacial score (nSPS) is 46.7. The lowest BCUT2D eigenvalue weighted by atomic mass is 9.32. The van der Waals surface area contributed by atoms with Crippen molar-refractivity contribution < 1.29 is 27.9 Å². The summed E-state index contributed by atoms with van der Waals surface area (Å²) in [5.41, 5.74) is 0.765. The number of nitrogens with zero attached hydrogens (tertiary/aromatic N) is 1. The van der Waals surface area contributed by atoms with Crippen molar-refractivity contribution in [3.05, 3.63) is 12.2 Å². The molecule has 0 aromatic heterocycles. The number of carboxylic acids is 1. The Kier molecular flexibility index (Phi) is 9.11. The van der Waals surface area contributed by atoms with Crippen molar-refractivity contribution in [2.45, 2.75) is 155 Å². The maximum Gasteiger partial charge on any atom is 0.309 e. The van der Waals surface area contributed by atoms with Crippen molar-refractivity contribution in [1.82, 2.24) is 10.2 Å². The molecule has 5 aliphatic carbocycles. The van der Waals surface area contributed by atoms with Crippen LogP contribution < -0.4 is 5.32 Å². The first-order valence-electron chi connectivity index (χ1n) is 20.4. The molecule has 7 fully saturated rings. The van der Waals surface area contributed by atoms with Crippen molar-refractivity contribution in [3.8, 4) is 0 Å². The van der Waals surface area contributed by atoms with Crippen LogP contribution in [-0.4, -0.2) is 78.7 Å². The van der Waals surface area contributed by atoms with Crippen LogP contribution in [0, 0.1) is 56.7 Å². The highest BCUT2D eigenvalue weighted by molar-refractivity contribution is 7.92. The number of likely N-dealkylation sites (tertiary alicyclic amines) is 1. The van der Waals surface area contributed by atoms with Crippen molar-refractivity contribution in [2.24, 2.45) is 56.7 Å². The lowest BCUT2D eigenvalue weighted by molar-refractivity contribution is -0.246. The van der Waals surface area contributed by atoms with Gasteiger partial charge in [0.25, 0.3) is 0 Å². The first kappa shape index (κ1) is 37.8. The molecule has 2 N–H and O–H groups in total. The van der Waals surface area contributed by atoms with Gasteiger partial charge in [0.05, 0.1) is 22.8 Å². The van der Waals surface area contributed by atoms with Crippen LogP contribution in [0.15, 0.2) is 12.2 Å². The molecule has 5 saturated carbocycles. The van der Waals surface area contributed by atoms with Crippen LogP contribution >= 0.6 is 0 Å². The lowest BCUT2D eigenvalue weighted by Gasteiger charge is -2.73. The van der Waals surface area contributed by atoms with Gasteiger partial charge in [-0.3, -0.25) is 14.5 Å². The van der Waals surface area contributed by atoms with Gasteiger partial charge in [-0.1, -0.05) is 46.8 Å². The fraction of sp³-hybridized carbons (Fsp3) is 0.905. The van der Waals surface area contributed by atoms with Gasteiger partial charge in [-0.2, -0.15) is 0 Å². The van der Waals surface area contributed by atoms with Gasteiger partial charge in [-0.05, 0) is 137 Å². The first-order valence-corrected chi connectivity index (χ1v) is 22.1. The molecular formula is C42H68N2O6S. The van der Waals surface area contributed by atoms with E-state index in [-0.39, 0.29) is 57.0 Å². The Bertz CT molecular complexity index is 1560. The second-order valence-corrected chi connectivity index (χ2v) is 23.1. The van der Waals surface area contributed by atoms with Gasteiger partial charge >= 0.3 is 11.9 Å². The van der Waals surface area contributed by atoms with E-state index in [1.54, 1.807) is 13.8 Å². The van der Waals surface area contributed by atoms with Gasteiger partial charge in [0.1, 0.15) is 6.10 Å².